The van der Waals surface area contributed by atoms with E-state index in [1.54, 1.807) is 22.9 Å². The van der Waals surface area contributed by atoms with Crippen molar-refractivity contribution in [2.75, 3.05) is 6.61 Å². The monoisotopic (exact) mass is 434 g/mol. The summed E-state index contributed by atoms with van der Waals surface area (Å²) in [5, 5.41) is 20.2. The largest absolute Gasteiger partial charge is 0.424 e. The van der Waals surface area contributed by atoms with Crippen molar-refractivity contribution in [3.8, 4) is 34.3 Å². The predicted octanol–water partition coefficient (Wildman–Crippen LogP) is 2.44. The van der Waals surface area contributed by atoms with Crippen molar-refractivity contribution in [2.24, 2.45) is 0 Å². The number of halogens is 1. The number of rotatable bonds is 5. The van der Waals surface area contributed by atoms with Gasteiger partial charge in [0.2, 0.25) is 0 Å². The van der Waals surface area contributed by atoms with E-state index in [1.165, 1.54) is 35.1 Å². The Morgan fingerprint density at radius 1 is 1.03 bits per heavy atom. The zero-order valence-electron chi connectivity index (χ0n) is 16.8. The fraction of sp³-hybridized carbons (Fsp3) is 0.174. The number of aliphatic hydroxyl groups excluding tert-OH is 1. The van der Waals surface area contributed by atoms with Crippen LogP contribution >= 0.6 is 0 Å². The normalized spacial score (nSPS) is 17.3. The highest BCUT2D eigenvalue weighted by Gasteiger charge is 2.39. The first-order valence-electron chi connectivity index (χ1n) is 9.96. The second-order valence-corrected chi connectivity index (χ2v) is 7.67. The molecule has 1 unspecified atom stereocenters. The van der Waals surface area contributed by atoms with E-state index >= 15 is 0 Å². The maximum absolute atomic E-state index is 13.5. The van der Waals surface area contributed by atoms with Crippen LogP contribution in [0.15, 0.2) is 71.7 Å². The van der Waals surface area contributed by atoms with E-state index in [9.17, 15) is 19.4 Å². The molecule has 0 amide bonds. The number of fused-ring (bicyclic) bond motifs is 1. The van der Waals surface area contributed by atoms with Crippen LogP contribution < -0.4 is 10.3 Å². The summed E-state index contributed by atoms with van der Waals surface area (Å²) in [7, 11) is 0. The average molecular weight is 434 g/mol. The summed E-state index contributed by atoms with van der Waals surface area (Å²) < 4.78 is 22.2. The summed E-state index contributed by atoms with van der Waals surface area (Å²) in [5.41, 5.74) is -0.201. The molecule has 4 aromatic rings. The van der Waals surface area contributed by atoms with Crippen LogP contribution in [-0.2, 0) is 13.1 Å². The van der Waals surface area contributed by atoms with Crippen LogP contribution in [0.4, 0.5) is 4.39 Å². The van der Waals surface area contributed by atoms with Crippen molar-refractivity contribution in [3.63, 3.8) is 0 Å². The Hall–Kier alpha value is -3.82. The van der Waals surface area contributed by atoms with E-state index in [-0.39, 0.29) is 24.7 Å². The quantitative estimate of drug-likeness (QED) is 0.500. The third kappa shape index (κ3) is 3.47. The molecule has 0 fully saturated rings. The van der Waals surface area contributed by atoms with Gasteiger partial charge in [-0.25, -0.2) is 14.1 Å². The highest BCUT2D eigenvalue weighted by molar-refractivity contribution is 5.79. The number of hydrogen-bond donors (Lipinski definition) is 2. The van der Waals surface area contributed by atoms with Crippen LogP contribution in [0.3, 0.4) is 0 Å². The minimum atomic E-state index is -1.47. The molecule has 1 aliphatic heterocycles. The lowest BCUT2D eigenvalue weighted by atomic mass is 10.0. The number of para-hydroxylation sites is 1. The standard InChI is InChI=1S/C23H19FN4O4/c24-16-8-6-15(7-9-16)19-20(27-12-23(31,14-29)13-28(27)21(19)30)18-10-11-25-22(26-18)32-17-4-2-1-3-5-17/h1-11,29,31H,12-14H2. The lowest BCUT2D eigenvalue weighted by Gasteiger charge is -2.17. The molecular formula is C23H19FN4O4. The number of aliphatic hydroxyl groups is 2. The van der Waals surface area contributed by atoms with Gasteiger partial charge in [0.15, 0.2) is 0 Å². The Labute approximate surface area is 181 Å². The Bertz CT molecular complexity index is 1330. The zero-order chi connectivity index (χ0) is 22.3. The number of ether oxygens (including phenoxy) is 1. The Balaban J connectivity index is 1.67. The van der Waals surface area contributed by atoms with Crippen molar-refractivity contribution in [1.82, 2.24) is 19.3 Å². The van der Waals surface area contributed by atoms with E-state index in [1.807, 2.05) is 18.2 Å². The van der Waals surface area contributed by atoms with E-state index < -0.39 is 18.0 Å². The molecule has 162 valence electrons. The minimum absolute atomic E-state index is 0.00581. The summed E-state index contributed by atoms with van der Waals surface area (Å²) in [6.07, 6.45) is 1.51. The van der Waals surface area contributed by atoms with Gasteiger partial charge in [0.1, 0.15) is 17.2 Å². The first-order valence-corrected chi connectivity index (χ1v) is 9.96. The summed E-state index contributed by atoms with van der Waals surface area (Å²) in [6.45, 7) is -0.582. The topological polar surface area (TPSA) is 102 Å². The van der Waals surface area contributed by atoms with Gasteiger partial charge >= 0.3 is 6.01 Å². The molecule has 2 aromatic heterocycles. The van der Waals surface area contributed by atoms with Crippen molar-refractivity contribution < 1.29 is 19.3 Å². The zero-order valence-corrected chi connectivity index (χ0v) is 16.8. The highest BCUT2D eigenvalue weighted by Crippen LogP contribution is 2.34. The van der Waals surface area contributed by atoms with E-state index in [2.05, 4.69) is 9.97 Å². The maximum atomic E-state index is 13.5. The Morgan fingerprint density at radius 3 is 2.47 bits per heavy atom. The summed E-state index contributed by atoms with van der Waals surface area (Å²) in [5.74, 6) is 0.134. The molecule has 0 saturated carbocycles. The van der Waals surface area contributed by atoms with Crippen LogP contribution in [0, 0.1) is 5.82 Å². The molecule has 2 N–H and O–H groups in total. The smallest absolute Gasteiger partial charge is 0.322 e. The van der Waals surface area contributed by atoms with Crippen molar-refractivity contribution in [3.05, 3.63) is 83.0 Å². The molecule has 0 bridgehead atoms. The van der Waals surface area contributed by atoms with E-state index in [4.69, 9.17) is 4.74 Å². The maximum Gasteiger partial charge on any atom is 0.322 e. The number of aromatic nitrogens is 4. The van der Waals surface area contributed by atoms with Gasteiger partial charge in [-0.3, -0.25) is 9.48 Å². The van der Waals surface area contributed by atoms with Crippen LogP contribution in [0.1, 0.15) is 0 Å². The molecule has 0 radical (unpaired) electrons. The molecule has 3 heterocycles. The molecule has 5 rings (SSSR count). The van der Waals surface area contributed by atoms with Gasteiger partial charge in [0.25, 0.3) is 5.56 Å². The van der Waals surface area contributed by atoms with Crippen LogP contribution in [0.5, 0.6) is 11.8 Å². The summed E-state index contributed by atoms with van der Waals surface area (Å²) >= 11 is 0. The van der Waals surface area contributed by atoms with Crippen LogP contribution in [-0.4, -0.2) is 41.8 Å². The van der Waals surface area contributed by atoms with Gasteiger partial charge in [-0.15, -0.1) is 0 Å². The van der Waals surface area contributed by atoms with Crippen molar-refractivity contribution in [1.29, 1.82) is 0 Å². The fourth-order valence-electron chi connectivity index (χ4n) is 3.87. The molecular weight excluding hydrogens is 415 g/mol. The fourth-order valence-corrected chi connectivity index (χ4v) is 3.87. The predicted molar refractivity (Wildman–Crippen MR) is 114 cm³/mol. The number of hydrogen-bond acceptors (Lipinski definition) is 6. The van der Waals surface area contributed by atoms with Gasteiger partial charge in [-0.05, 0) is 35.9 Å². The SMILES string of the molecule is O=c1c(-c2ccc(F)cc2)c(-c2ccnc(Oc3ccccc3)n2)n2n1CC(O)(CO)C2. The van der Waals surface area contributed by atoms with E-state index in [0.717, 1.165) is 0 Å². The summed E-state index contributed by atoms with van der Waals surface area (Å²) in [4.78, 5) is 21.9. The van der Waals surface area contributed by atoms with Gasteiger partial charge in [-0.2, -0.15) is 4.98 Å². The van der Waals surface area contributed by atoms with E-state index in [0.29, 0.717) is 28.3 Å². The second kappa shape index (κ2) is 7.70. The van der Waals surface area contributed by atoms with Gasteiger partial charge in [0, 0.05) is 6.20 Å². The summed E-state index contributed by atoms with van der Waals surface area (Å²) in [6, 6.07) is 16.3. The van der Waals surface area contributed by atoms with Gasteiger partial charge in [-0.1, -0.05) is 30.3 Å². The highest BCUT2D eigenvalue weighted by atomic mass is 19.1. The molecule has 0 saturated heterocycles. The third-order valence-corrected chi connectivity index (χ3v) is 5.38. The molecule has 9 heteroatoms. The minimum Gasteiger partial charge on any atom is -0.424 e. The molecule has 2 aromatic carbocycles. The van der Waals surface area contributed by atoms with Crippen molar-refractivity contribution in [2.45, 2.75) is 18.7 Å². The number of benzene rings is 2. The van der Waals surface area contributed by atoms with Crippen molar-refractivity contribution >= 4 is 0 Å². The third-order valence-electron chi connectivity index (χ3n) is 5.38. The van der Waals surface area contributed by atoms with Crippen LogP contribution in [0.25, 0.3) is 22.5 Å². The molecule has 0 aliphatic carbocycles. The molecule has 8 nitrogen and oxygen atoms in total. The first kappa shape index (κ1) is 20.1. The number of nitrogens with zero attached hydrogens (tertiary/aromatic N) is 4. The first-order chi connectivity index (χ1) is 15.5. The molecule has 1 atom stereocenters. The second-order valence-electron chi connectivity index (χ2n) is 7.67. The van der Waals surface area contributed by atoms with Crippen LogP contribution in [0.2, 0.25) is 0 Å². The lowest BCUT2D eigenvalue weighted by Crippen LogP contribution is -2.36. The molecule has 0 spiro atoms. The Morgan fingerprint density at radius 2 is 1.75 bits per heavy atom. The average Bonchev–Trinajstić information content (AvgIpc) is 3.28. The van der Waals surface area contributed by atoms with Gasteiger partial charge in [0.05, 0.1) is 36.6 Å². The molecule has 32 heavy (non-hydrogen) atoms. The molecule has 1 aliphatic rings. The lowest BCUT2D eigenvalue weighted by molar-refractivity contribution is -0.0174. The van der Waals surface area contributed by atoms with Gasteiger partial charge < -0.3 is 14.9 Å². The Kier molecular flexibility index (Phi) is 4.84.